The van der Waals surface area contributed by atoms with Gasteiger partial charge in [0.1, 0.15) is 0 Å². The quantitative estimate of drug-likeness (QED) is 0.819. The number of nitrogens with zero attached hydrogens (tertiary/aromatic N) is 2. The van der Waals surface area contributed by atoms with E-state index in [0.717, 1.165) is 31.7 Å². The van der Waals surface area contributed by atoms with E-state index >= 15 is 0 Å². The lowest BCUT2D eigenvalue weighted by molar-refractivity contribution is 0.151. The summed E-state index contributed by atoms with van der Waals surface area (Å²) in [6.45, 7) is 3.49. The van der Waals surface area contributed by atoms with Crippen LogP contribution >= 0.6 is 0 Å². The molecular weight excluding hydrogens is 208 g/mol. The van der Waals surface area contributed by atoms with E-state index in [2.05, 4.69) is 10.1 Å². The van der Waals surface area contributed by atoms with Gasteiger partial charge in [0.2, 0.25) is 5.89 Å². The second kappa shape index (κ2) is 5.41. The molecule has 2 atom stereocenters. The zero-order chi connectivity index (χ0) is 11.4. The number of ether oxygens (including phenoxy) is 1. The van der Waals surface area contributed by atoms with Crippen molar-refractivity contribution in [3.05, 3.63) is 11.7 Å². The Balaban J connectivity index is 1.91. The van der Waals surface area contributed by atoms with Crippen molar-refractivity contribution in [3.63, 3.8) is 0 Å². The van der Waals surface area contributed by atoms with E-state index in [1.807, 2.05) is 6.92 Å². The topological polar surface area (TPSA) is 68.4 Å². The zero-order valence-electron chi connectivity index (χ0n) is 9.56. The first kappa shape index (κ1) is 11.5. The first-order valence-electron chi connectivity index (χ1n) is 5.88. The standard InChI is InChI=1S/C11H18N2O3/c1-2-3-9(14)6-10-12-11(13-16-10)8-4-5-15-7-8/h8-9,14H,2-7H2,1H3. The van der Waals surface area contributed by atoms with Crippen molar-refractivity contribution in [3.8, 4) is 0 Å². The minimum atomic E-state index is -0.377. The van der Waals surface area contributed by atoms with Crippen LogP contribution in [0.1, 0.15) is 43.8 Å². The van der Waals surface area contributed by atoms with Gasteiger partial charge < -0.3 is 14.4 Å². The highest BCUT2D eigenvalue weighted by Crippen LogP contribution is 2.22. The molecule has 1 aliphatic heterocycles. The Labute approximate surface area is 94.8 Å². The Bertz CT molecular complexity index is 321. The van der Waals surface area contributed by atoms with Crippen molar-refractivity contribution in [1.82, 2.24) is 10.1 Å². The van der Waals surface area contributed by atoms with E-state index in [4.69, 9.17) is 9.26 Å². The highest BCUT2D eigenvalue weighted by molar-refractivity contribution is 4.98. The van der Waals surface area contributed by atoms with Crippen molar-refractivity contribution >= 4 is 0 Å². The van der Waals surface area contributed by atoms with Gasteiger partial charge in [0, 0.05) is 12.5 Å². The molecule has 5 nitrogen and oxygen atoms in total. The van der Waals surface area contributed by atoms with Crippen LogP contribution in [0.4, 0.5) is 0 Å². The summed E-state index contributed by atoms with van der Waals surface area (Å²) in [5.74, 6) is 1.51. The Morgan fingerprint density at radius 1 is 1.56 bits per heavy atom. The van der Waals surface area contributed by atoms with Crippen molar-refractivity contribution in [2.24, 2.45) is 0 Å². The van der Waals surface area contributed by atoms with Crippen LogP contribution in [0, 0.1) is 0 Å². The summed E-state index contributed by atoms with van der Waals surface area (Å²) in [5, 5.41) is 13.6. The number of aromatic nitrogens is 2. The molecule has 2 rings (SSSR count). The van der Waals surface area contributed by atoms with Gasteiger partial charge in [-0.2, -0.15) is 4.98 Å². The molecule has 2 heterocycles. The average Bonchev–Trinajstić information content (AvgIpc) is 2.86. The summed E-state index contributed by atoms with van der Waals surface area (Å²) in [7, 11) is 0. The Morgan fingerprint density at radius 2 is 2.44 bits per heavy atom. The van der Waals surface area contributed by atoms with Gasteiger partial charge in [-0.05, 0) is 12.8 Å². The average molecular weight is 226 g/mol. The van der Waals surface area contributed by atoms with Crippen LogP contribution in [-0.4, -0.2) is 34.6 Å². The van der Waals surface area contributed by atoms with E-state index < -0.39 is 0 Å². The van der Waals surface area contributed by atoms with Crippen LogP contribution in [0.5, 0.6) is 0 Å². The number of aliphatic hydroxyl groups excluding tert-OH is 1. The van der Waals surface area contributed by atoms with Crippen molar-refractivity contribution in [2.45, 2.75) is 44.6 Å². The minimum Gasteiger partial charge on any atom is -0.393 e. The van der Waals surface area contributed by atoms with Gasteiger partial charge in [0.25, 0.3) is 0 Å². The molecule has 1 N–H and O–H groups in total. The Morgan fingerprint density at radius 3 is 3.12 bits per heavy atom. The van der Waals surface area contributed by atoms with E-state index in [-0.39, 0.29) is 12.0 Å². The molecule has 1 aliphatic rings. The van der Waals surface area contributed by atoms with Crippen LogP contribution in [-0.2, 0) is 11.2 Å². The van der Waals surface area contributed by atoms with Crippen LogP contribution in [0.15, 0.2) is 4.52 Å². The molecule has 0 amide bonds. The smallest absolute Gasteiger partial charge is 0.229 e. The van der Waals surface area contributed by atoms with Gasteiger partial charge in [-0.25, -0.2) is 0 Å². The van der Waals surface area contributed by atoms with Crippen LogP contribution < -0.4 is 0 Å². The zero-order valence-corrected chi connectivity index (χ0v) is 9.56. The third-order valence-electron chi connectivity index (χ3n) is 2.81. The summed E-state index contributed by atoms with van der Waals surface area (Å²) in [6.07, 6.45) is 2.76. The SMILES string of the molecule is CCCC(O)Cc1nc(C2CCOC2)no1. The molecule has 0 radical (unpaired) electrons. The molecule has 0 aromatic carbocycles. The number of rotatable bonds is 5. The molecule has 1 fully saturated rings. The summed E-state index contributed by atoms with van der Waals surface area (Å²) in [6, 6.07) is 0. The maximum atomic E-state index is 9.62. The van der Waals surface area contributed by atoms with Crippen LogP contribution in [0.2, 0.25) is 0 Å². The van der Waals surface area contributed by atoms with Crippen molar-refractivity contribution in [1.29, 1.82) is 0 Å². The van der Waals surface area contributed by atoms with E-state index in [1.165, 1.54) is 0 Å². The predicted octanol–water partition coefficient (Wildman–Crippen LogP) is 1.28. The molecule has 2 unspecified atom stereocenters. The van der Waals surface area contributed by atoms with Crippen molar-refractivity contribution in [2.75, 3.05) is 13.2 Å². The predicted molar refractivity (Wildman–Crippen MR) is 57.1 cm³/mol. The van der Waals surface area contributed by atoms with Crippen LogP contribution in [0.25, 0.3) is 0 Å². The first-order chi connectivity index (χ1) is 7.79. The lowest BCUT2D eigenvalue weighted by Crippen LogP contribution is -2.10. The fourth-order valence-electron chi connectivity index (χ4n) is 1.89. The minimum absolute atomic E-state index is 0.265. The van der Waals surface area contributed by atoms with Gasteiger partial charge in [0.05, 0.1) is 19.1 Å². The molecule has 0 aliphatic carbocycles. The molecule has 90 valence electrons. The molecule has 16 heavy (non-hydrogen) atoms. The molecule has 0 spiro atoms. The fourth-order valence-corrected chi connectivity index (χ4v) is 1.89. The molecule has 5 heteroatoms. The maximum absolute atomic E-state index is 9.62. The Kier molecular flexibility index (Phi) is 3.90. The molecule has 1 aromatic heterocycles. The highest BCUT2D eigenvalue weighted by Gasteiger charge is 2.23. The summed E-state index contributed by atoms with van der Waals surface area (Å²) < 4.78 is 10.4. The molecular formula is C11H18N2O3. The largest absolute Gasteiger partial charge is 0.393 e. The van der Waals surface area contributed by atoms with Crippen molar-refractivity contribution < 1.29 is 14.4 Å². The number of hydrogen-bond acceptors (Lipinski definition) is 5. The molecule has 1 saturated heterocycles. The van der Waals surface area contributed by atoms with Gasteiger partial charge in [0.15, 0.2) is 5.82 Å². The highest BCUT2D eigenvalue weighted by atomic mass is 16.5. The second-order valence-corrected chi connectivity index (χ2v) is 4.25. The monoisotopic (exact) mass is 226 g/mol. The molecule has 0 saturated carbocycles. The summed E-state index contributed by atoms with van der Waals surface area (Å²) >= 11 is 0. The lowest BCUT2D eigenvalue weighted by Gasteiger charge is -2.04. The van der Waals surface area contributed by atoms with Crippen LogP contribution in [0.3, 0.4) is 0 Å². The normalized spacial score (nSPS) is 22.5. The third kappa shape index (κ3) is 2.80. The van der Waals surface area contributed by atoms with E-state index in [1.54, 1.807) is 0 Å². The second-order valence-electron chi connectivity index (χ2n) is 4.25. The summed E-state index contributed by atoms with van der Waals surface area (Å²) in [4.78, 5) is 4.30. The van der Waals surface area contributed by atoms with Gasteiger partial charge in [-0.1, -0.05) is 18.5 Å². The maximum Gasteiger partial charge on any atom is 0.229 e. The van der Waals surface area contributed by atoms with Gasteiger partial charge >= 0.3 is 0 Å². The first-order valence-corrected chi connectivity index (χ1v) is 5.88. The van der Waals surface area contributed by atoms with Gasteiger partial charge in [-0.15, -0.1) is 0 Å². The molecule has 0 bridgehead atoms. The number of hydrogen-bond donors (Lipinski definition) is 1. The van der Waals surface area contributed by atoms with E-state index in [9.17, 15) is 5.11 Å². The third-order valence-corrected chi connectivity index (χ3v) is 2.81. The number of aliphatic hydroxyl groups is 1. The van der Waals surface area contributed by atoms with Gasteiger partial charge in [-0.3, -0.25) is 0 Å². The van der Waals surface area contributed by atoms with E-state index in [0.29, 0.717) is 18.9 Å². The molecule has 1 aromatic rings. The fraction of sp³-hybridized carbons (Fsp3) is 0.818. The lowest BCUT2D eigenvalue weighted by atomic mass is 10.1. The summed E-state index contributed by atoms with van der Waals surface area (Å²) in [5.41, 5.74) is 0. The Hall–Kier alpha value is -0.940.